The molecule has 3 rings (SSSR count). The van der Waals surface area contributed by atoms with Crippen LogP contribution in [0, 0.1) is 19.8 Å². The first-order chi connectivity index (χ1) is 8.63. The molecule has 3 heterocycles. The quantitative estimate of drug-likeness (QED) is 0.840. The molecule has 1 aromatic rings. The lowest BCUT2D eigenvalue weighted by Crippen LogP contribution is -2.37. The molecule has 0 saturated carbocycles. The van der Waals surface area contributed by atoms with Gasteiger partial charge < -0.3 is 15.1 Å². The summed E-state index contributed by atoms with van der Waals surface area (Å²) in [5, 5.41) is 6.40. The molecule has 3 atom stereocenters. The molecular weight excluding hydrogens is 230 g/mol. The molecule has 0 spiro atoms. The smallest absolute Gasteiger partial charge is 0.225 e. The van der Waals surface area contributed by atoms with Gasteiger partial charge in [-0.1, -0.05) is 0 Å². The number of fused-ring (bicyclic) bond motifs is 2. The van der Waals surface area contributed by atoms with E-state index in [9.17, 15) is 4.79 Å². The lowest BCUT2D eigenvalue weighted by atomic mass is 9.88. The van der Waals surface area contributed by atoms with Gasteiger partial charge in [0.1, 0.15) is 5.76 Å². The van der Waals surface area contributed by atoms with Crippen molar-refractivity contribution in [2.75, 3.05) is 0 Å². The Hall–Kier alpha value is -1.36. The van der Waals surface area contributed by atoms with E-state index in [2.05, 4.69) is 15.6 Å². The van der Waals surface area contributed by atoms with Crippen LogP contribution in [0.1, 0.15) is 36.6 Å². The third kappa shape index (κ3) is 2.03. The summed E-state index contributed by atoms with van der Waals surface area (Å²) in [6.45, 7) is 4.18. The predicted octanol–water partition coefficient (Wildman–Crippen LogP) is 1.05. The Morgan fingerprint density at radius 3 is 2.89 bits per heavy atom. The monoisotopic (exact) mass is 249 g/mol. The van der Waals surface area contributed by atoms with Crippen molar-refractivity contribution in [1.29, 1.82) is 0 Å². The summed E-state index contributed by atoms with van der Waals surface area (Å²) in [6, 6.07) is 0.931. The van der Waals surface area contributed by atoms with Crippen LogP contribution < -0.4 is 10.6 Å². The summed E-state index contributed by atoms with van der Waals surface area (Å²) >= 11 is 0. The predicted molar refractivity (Wildman–Crippen MR) is 65.9 cm³/mol. The lowest BCUT2D eigenvalue weighted by Gasteiger charge is -2.18. The average molecular weight is 249 g/mol. The standard InChI is InChI=1S/C13H19N3O2/c1-7-8(2)18-12(15-7)6-14-13(17)10-5-9-3-4-11(10)16-9/h9-11,16H,3-6H2,1-2H3,(H,14,17). The first kappa shape index (κ1) is 11.7. The molecular formula is C13H19N3O2. The summed E-state index contributed by atoms with van der Waals surface area (Å²) in [5.41, 5.74) is 0.890. The molecule has 2 aliphatic rings. The van der Waals surface area contributed by atoms with Gasteiger partial charge in [0.2, 0.25) is 11.8 Å². The van der Waals surface area contributed by atoms with Crippen molar-refractivity contribution in [3.05, 3.63) is 17.3 Å². The maximum absolute atomic E-state index is 12.1. The fourth-order valence-corrected chi connectivity index (χ4v) is 3.02. The summed E-state index contributed by atoms with van der Waals surface area (Å²) in [4.78, 5) is 16.3. The fraction of sp³-hybridized carbons (Fsp3) is 0.692. The van der Waals surface area contributed by atoms with Crippen LogP contribution in [0.5, 0.6) is 0 Å². The molecule has 0 aromatic carbocycles. The number of amides is 1. The number of aryl methyl sites for hydroxylation is 2. The van der Waals surface area contributed by atoms with E-state index < -0.39 is 0 Å². The molecule has 5 nitrogen and oxygen atoms in total. The number of rotatable bonds is 3. The van der Waals surface area contributed by atoms with Gasteiger partial charge in [-0.2, -0.15) is 0 Å². The molecule has 2 aliphatic heterocycles. The Balaban J connectivity index is 1.55. The number of carbonyl (C=O) groups excluding carboxylic acids is 1. The third-order valence-corrected chi connectivity index (χ3v) is 4.12. The summed E-state index contributed by atoms with van der Waals surface area (Å²) in [7, 11) is 0. The number of hydrogen-bond acceptors (Lipinski definition) is 4. The molecule has 2 bridgehead atoms. The second kappa shape index (κ2) is 4.39. The Bertz CT molecular complexity index is 449. The van der Waals surface area contributed by atoms with Crippen LogP contribution in [0.15, 0.2) is 4.42 Å². The van der Waals surface area contributed by atoms with Crippen molar-refractivity contribution >= 4 is 5.91 Å². The van der Waals surface area contributed by atoms with Crippen LogP contribution in [0.3, 0.4) is 0 Å². The van der Waals surface area contributed by atoms with Crippen LogP contribution in [0.25, 0.3) is 0 Å². The van der Waals surface area contributed by atoms with Gasteiger partial charge in [0.25, 0.3) is 0 Å². The van der Waals surface area contributed by atoms with Crippen molar-refractivity contribution in [3.8, 4) is 0 Å². The van der Waals surface area contributed by atoms with Gasteiger partial charge in [-0.05, 0) is 33.1 Å². The van der Waals surface area contributed by atoms with E-state index in [0.29, 0.717) is 24.5 Å². The minimum atomic E-state index is 0.126. The van der Waals surface area contributed by atoms with E-state index >= 15 is 0 Å². The molecule has 3 unspecified atom stereocenters. The number of oxazole rings is 1. The maximum Gasteiger partial charge on any atom is 0.225 e. The molecule has 0 radical (unpaired) electrons. The topological polar surface area (TPSA) is 67.2 Å². The largest absolute Gasteiger partial charge is 0.444 e. The van der Waals surface area contributed by atoms with Crippen molar-refractivity contribution in [2.24, 2.45) is 5.92 Å². The van der Waals surface area contributed by atoms with Crippen LogP contribution >= 0.6 is 0 Å². The Kier molecular flexibility index (Phi) is 2.86. The molecule has 1 aromatic heterocycles. The highest BCUT2D eigenvalue weighted by Crippen LogP contribution is 2.33. The zero-order valence-electron chi connectivity index (χ0n) is 10.8. The van der Waals surface area contributed by atoms with E-state index in [1.165, 1.54) is 6.42 Å². The van der Waals surface area contributed by atoms with Gasteiger partial charge in [-0.15, -0.1) is 0 Å². The van der Waals surface area contributed by atoms with E-state index in [1.807, 2.05) is 13.8 Å². The van der Waals surface area contributed by atoms with Crippen molar-refractivity contribution < 1.29 is 9.21 Å². The van der Waals surface area contributed by atoms with Crippen LogP contribution in [-0.2, 0) is 11.3 Å². The minimum absolute atomic E-state index is 0.126. The van der Waals surface area contributed by atoms with Gasteiger partial charge in [-0.3, -0.25) is 4.79 Å². The SMILES string of the molecule is Cc1nc(CNC(=O)C2CC3CCC2N3)oc1C. The second-order valence-electron chi connectivity index (χ2n) is 5.36. The Morgan fingerprint density at radius 1 is 1.50 bits per heavy atom. The zero-order chi connectivity index (χ0) is 12.7. The Labute approximate surface area is 106 Å². The van der Waals surface area contributed by atoms with Crippen molar-refractivity contribution in [1.82, 2.24) is 15.6 Å². The highest BCUT2D eigenvalue weighted by molar-refractivity contribution is 5.80. The average Bonchev–Trinajstić information content (AvgIpc) is 3.03. The maximum atomic E-state index is 12.1. The fourth-order valence-electron chi connectivity index (χ4n) is 3.02. The van der Waals surface area contributed by atoms with E-state index in [-0.39, 0.29) is 11.8 Å². The highest BCUT2D eigenvalue weighted by atomic mass is 16.4. The van der Waals surface area contributed by atoms with Gasteiger partial charge in [-0.25, -0.2) is 4.98 Å². The molecule has 18 heavy (non-hydrogen) atoms. The van der Waals surface area contributed by atoms with E-state index in [1.54, 1.807) is 0 Å². The summed E-state index contributed by atoms with van der Waals surface area (Å²) < 4.78 is 5.45. The van der Waals surface area contributed by atoms with Gasteiger partial charge in [0.05, 0.1) is 18.2 Å². The molecule has 2 fully saturated rings. The number of nitrogens with one attached hydrogen (secondary N) is 2. The summed E-state index contributed by atoms with van der Waals surface area (Å²) in [5.74, 6) is 1.67. The number of aromatic nitrogens is 1. The zero-order valence-corrected chi connectivity index (χ0v) is 10.8. The molecule has 2 saturated heterocycles. The van der Waals surface area contributed by atoms with Crippen molar-refractivity contribution in [2.45, 2.75) is 51.7 Å². The minimum Gasteiger partial charge on any atom is -0.444 e. The van der Waals surface area contributed by atoms with Crippen LogP contribution in [-0.4, -0.2) is 23.0 Å². The molecule has 98 valence electrons. The lowest BCUT2D eigenvalue weighted by molar-refractivity contribution is -0.125. The van der Waals surface area contributed by atoms with E-state index in [0.717, 1.165) is 24.3 Å². The number of nitrogens with zero attached hydrogens (tertiary/aromatic N) is 1. The first-order valence-corrected chi connectivity index (χ1v) is 6.60. The van der Waals surface area contributed by atoms with Gasteiger partial charge in [0, 0.05) is 12.1 Å². The van der Waals surface area contributed by atoms with Crippen molar-refractivity contribution in [3.63, 3.8) is 0 Å². The molecule has 2 N–H and O–H groups in total. The van der Waals surface area contributed by atoms with Gasteiger partial charge in [0.15, 0.2) is 0 Å². The number of hydrogen-bond donors (Lipinski definition) is 2. The first-order valence-electron chi connectivity index (χ1n) is 6.60. The normalized spacial score (nSPS) is 29.8. The highest BCUT2D eigenvalue weighted by Gasteiger charge is 2.42. The third-order valence-electron chi connectivity index (χ3n) is 4.12. The molecule has 0 aliphatic carbocycles. The summed E-state index contributed by atoms with van der Waals surface area (Å²) in [6.07, 6.45) is 3.31. The second-order valence-corrected chi connectivity index (χ2v) is 5.36. The van der Waals surface area contributed by atoms with E-state index in [4.69, 9.17) is 4.42 Å². The van der Waals surface area contributed by atoms with Crippen LogP contribution in [0.4, 0.5) is 0 Å². The Morgan fingerprint density at radius 2 is 2.33 bits per heavy atom. The molecule has 5 heteroatoms. The number of carbonyl (C=O) groups is 1. The molecule has 1 amide bonds. The van der Waals surface area contributed by atoms with Crippen LogP contribution in [0.2, 0.25) is 0 Å². The van der Waals surface area contributed by atoms with Gasteiger partial charge >= 0.3 is 0 Å².